The van der Waals surface area contributed by atoms with Crippen molar-refractivity contribution in [3.63, 3.8) is 0 Å². The molecule has 1 saturated heterocycles. The molecule has 0 bridgehead atoms. The van der Waals surface area contributed by atoms with Crippen molar-refractivity contribution in [1.82, 2.24) is 25.0 Å². The molecule has 0 aliphatic carbocycles. The largest absolute Gasteiger partial charge is 0.497 e. The van der Waals surface area contributed by atoms with Gasteiger partial charge >= 0.3 is 0 Å². The molecular weight excluding hydrogens is 366 g/mol. The van der Waals surface area contributed by atoms with E-state index >= 15 is 0 Å². The first-order chi connectivity index (χ1) is 14.1. The molecular formula is C22H25N5O2. The van der Waals surface area contributed by atoms with Crippen LogP contribution in [-0.2, 0) is 11.3 Å². The minimum absolute atomic E-state index is 0.156. The van der Waals surface area contributed by atoms with Crippen LogP contribution in [0.3, 0.4) is 0 Å². The highest BCUT2D eigenvalue weighted by Crippen LogP contribution is 2.23. The van der Waals surface area contributed by atoms with Crippen LogP contribution >= 0.6 is 0 Å². The normalized spacial score (nSPS) is 14.8. The number of ether oxygens (including phenoxy) is 1. The molecule has 29 heavy (non-hydrogen) atoms. The van der Waals surface area contributed by atoms with Gasteiger partial charge in [0, 0.05) is 50.8 Å². The van der Waals surface area contributed by atoms with Crippen molar-refractivity contribution >= 4 is 5.91 Å². The van der Waals surface area contributed by atoms with E-state index in [-0.39, 0.29) is 5.91 Å². The third kappa shape index (κ3) is 4.46. The molecule has 7 heteroatoms. The van der Waals surface area contributed by atoms with Gasteiger partial charge in [-0.1, -0.05) is 18.2 Å². The van der Waals surface area contributed by atoms with Crippen LogP contribution in [0.4, 0.5) is 0 Å². The van der Waals surface area contributed by atoms with Crippen molar-refractivity contribution in [3.05, 3.63) is 54.1 Å². The number of carbonyl (C=O) groups is 1. The lowest BCUT2D eigenvalue weighted by atomic mass is 10.1. The maximum atomic E-state index is 11.5. The summed E-state index contributed by atoms with van der Waals surface area (Å²) in [5.41, 5.74) is 3.17. The van der Waals surface area contributed by atoms with Gasteiger partial charge in [0.15, 0.2) is 11.6 Å². The monoisotopic (exact) mass is 391 g/mol. The van der Waals surface area contributed by atoms with E-state index < -0.39 is 0 Å². The first-order valence-corrected chi connectivity index (χ1v) is 9.76. The van der Waals surface area contributed by atoms with Gasteiger partial charge < -0.3 is 9.64 Å². The quantitative estimate of drug-likeness (QED) is 0.724. The lowest BCUT2D eigenvalue weighted by Gasteiger charge is -2.34. The van der Waals surface area contributed by atoms with Gasteiger partial charge in [-0.05, 0) is 35.9 Å². The Labute approximate surface area is 170 Å². The van der Waals surface area contributed by atoms with Gasteiger partial charge in [-0.15, -0.1) is 0 Å². The molecule has 150 valence electrons. The second-order valence-electron chi connectivity index (χ2n) is 7.22. The average molecular weight is 391 g/mol. The molecule has 1 amide bonds. The molecule has 3 aromatic rings. The fraction of sp³-hybridized carbons (Fsp3) is 0.318. The molecule has 2 aromatic carbocycles. The van der Waals surface area contributed by atoms with Crippen LogP contribution in [0.15, 0.2) is 48.5 Å². The minimum atomic E-state index is 0.156. The average Bonchev–Trinajstić information content (AvgIpc) is 3.25. The Morgan fingerprint density at radius 3 is 2.52 bits per heavy atom. The van der Waals surface area contributed by atoms with Crippen LogP contribution in [0.25, 0.3) is 22.8 Å². The smallest absolute Gasteiger partial charge is 0.219 e. The summed E-state index contributed by atoms with van der Waals surface area (Å²) in [6.45, 7) is 5.87. The number of rotatable bonds is 5. The molecule has 7 nitrogen and oxygen atoms in total. The number of methoxy groups -OCH3 is 1. The Balaban J connectivity index is 1.45. The molecule has 1 aliphatic rings. The number of benzene rings is 2. The summed E-state index contributed by atoms with van der Waals surface area (Å²) in [7, 11) is 1.65. The molecule has 1 aliphatic heterocycles. The zero-order valence-electron chi connectivity index (χ0n) is 16.8. The SMILES string of the molecule is COc1ccc(-c2nc(-c3cccc(CN4CCN(C(C)=O)CC4)c3)n[nH]2)cc1. The van der Waals surface area contributed by atoms with E-state index in [0.717, 1.165) is 55.4 Å². The number of hydrogen-bond acceptors (Lipinski definition) is 5. The van der Waals surface area contributed by atoms with Gasteiger partial charge in [0.2, 0.25) is 5.91 Å². The number of piperazine rings is 1. The summed E-state index contributed by atoms with van der Waals surface area (Å²) in [6.07, 6.45) is 0. The van der Waals surface area contributed by atoms with E-state index in [0.29, 0.717) is 5.82 Å². The maximum absolute atomic E-state index is 11.5. The number of aromatic nitrogens is 3. The third-order valence-electron chi connectivity index (χ3n) is 5.26. The number of nitrogens with one attached hydrogen (secondary N) is 1. The summed E-state index contributed by atoms with van der Waals surface area (Å²) in [6, 6.07) is 16.1. The Morgan fingerprint density at radius 1 is 1.07 bits per heavy atom. The number of H-pyrrole nitrogens is 1. The van der Waals surface area contributed by atoms with E-state index in [2.05, 4.69) is 32.2 Å². The van der Waals surface area contributed by atoms with Gasteiger partial charge in [0.05, 0.1) is 7.11 Å². The number of amides is 1. The number of carbonyl (C=O) groups excluding carboxylic acids is 1. The minimum Gasteiger partial charge on any atom is -0.497 e. The van der Waals surface area contributed by atoms with Crippen molar-refractivity contribution < 1.29 is 9.53 Å². The van der Waals surface area contributed by atoms with E-state index in [1.165, 1.54) is 5.56 Å². The molecule has 0 radical (unpaired) electrons. The highest BCUT2D eigenvalue weighted by molar-refractivity contribution is 5.73. The molecule has 0 spiro atoms. The fourth-order valence-electron chi connectivity index (χ4n) is 3.56. The summed E-state index contributed by atoms with van der Waals surface area (Å²) in [5.74, 6) is 2.38. The first-order valence-electron chi connectivity index (χ1n) is 9.76. The Bertz CT molecular complexity index is 975. The van der Waals surface area contributed by atoms with Gasteiger partial charge in [0.25, 0.3) is 0 Å². The summed E-state index contributed by atoms with van der Waals surface area (Å²) in [4.78, 5) is 20.4. The van der Waals surface area contributed by atoms with Crippen molar-refractivity contribution in [2.75, 3.05) is 33.3 Å². The topological polar surface area (TPSA) is 74.3 Å². The van der Waals surface area contributed by atoms with Crippen LogP contribution in [-0.4, -0.2) is 64.2 Å². The Kier molecular flexibility index (Phi) is 5.57. The van der Waals surface area contributed by atoms with Crippen molar-refractivity contribution in [2.24, 2.45) is 0 Å². The zero-order valence-corrected chi connectivity index (χ0v) is 16.8. The summed E-state index contributed by atoms with van der Waals surface area (Å²) >= 11 is 0. The van der Waals surface area contributed by atoms with Gasteiger partial charge in [-0.2, -0.15) is 5.10 Å². The van der Waals surface area contributed by atoms with Crippen LogP contribution in [0.1, 0.15) is 12.5 Å². The van der Waals surface area contributed by atoms with Crippen LogP contribution in [0.2, 0.25) is 0 Å². The first kappa shape index (κ1) is 19.1. The fourth-order valence-corrected chi connectivity index (χ4v) is 3.56. The van der Waals surface area contributed by atoms with Crippen molar-refractivity contribution in [2.45, 2.75) is 13.5 Å². The van der Waals surface area contributed by atoms with Gasteiger partial charge in [-0.3, -0.25) is 14.8 Å². The van der Waals surface area contributed by atoms with Crippen LogP contribution < -0.4 is 4.74 Å². The Morgan fingerprint density at radius 2 is 1.83 bits per heavy atom. The van der Waals surface area contributed by atoms with Gasteiger partial charge in [0.1, 0.15) is 5.75 Å². The third-order valence-corrected chi connectivity index (χ3v) is 5.26. The molecule has 4 rings (SSSR count). The highest BCUT2D eigenvalue weighted by atomic mass is 16.5. The van der Waals surface area contributed by atoms with Crippen LogP contribution in [0, 0.1) is 0 Å². The second kappa shape index (κ2) is 8.45. The van der Waals surface area contributed by atoms with Crippen LogP contribution in [0.5, 0.6) is 5.75 Å². The molecule has 2 heterocycles. The predicted octanol–water partition coefficient (Wildman–Crippen LogP) is 2.81. The molecule has 0 atom stereocenters. The van der Waals surface area contributed by atoms with Crippen molar-refractivity contribution in [3.8, 4) is 28.5 Å². The standard InChI is InChI=1S/C22H25N5O2/c1-16(28)27-12-10-26(11-13-27)15-17-4-3-5-19(14-17)22-23-21(24-25-22)18-6-8-20(29-2)9-7-18/h3-9,14H,10-13,15H2,1-2H3,(H,23,24,25). The second-order valence-corrected chi connectivity index (χ2v) is 7.22. The summed E-state index contributed by atoms with van der Waals surface area (Å²) in [5, 5.41) is 7.42. The summed E-state index contributed by atoms with van der Waals surface area (Å²) < 4.78 is 5.20. The van der Waals surface area contributed by atoms with E-state index in [1.54, 1.807) is 14.0 Å². The molecule has 0 saturated carbocycles. The Hall–Kier alpha value is -3.19. The van der Waals surface area contributed by atoms with E-state index in [4.69, 9.17) is 4.74 Å². The predicted molar refractivity (Wildman–Crippen MR) is 111 cm³/mol. The lowest BCUT2D eigenvalue weighted by molar-refractivity contribution is -0.130. The highest BCUT2D eigenvalue weighted by Gasteiger charge is 2.18. The zero-order chi connectivity index (χ0) is 20.2. The lowest BCUT2D eigenvalue weighted by Crippen LogP contribution is -2.47. The molecule has 1 fully saturated rings. The van der Waals surface area contributed by atoms with Crippen molar-refractivity contribution in [1.29, 1.82) is 0 Å². The molecule has 1 N–H and O–H groups in total. The maximum Gasteiger partial charge on any atom is 0.219 e. The van der Waals surface area contributed by atoms with E-state index in [1.807, 2.05) is 41.3 Å². The number of aromatic amines is 1. The van der Waals surface area contributed by atoms with E-state index in [9.17, 15) is 4.79 Å². The van der Waals surface area contributed by atoms with Gasteiger partial charge in [-0.25, -0.2) is 4.98 Å². The molecule has 0 unspecified atom stereocenters. The number of nitrogens with zero attached hydrogens (tertiary/aromatic N) is 4. The molecule has 1 aromatic heterocycles. The number of hydrogen-bond donors (Lipinski definition) is 1.